The molecule has 1 aliphatic heterocycles. The molecular formula is C23H24ClNO5. The van der Waals surface area contributed by atoms with Crippen LogP contribution in [0.3, 0.4) is 0 Å². The lowest BCUT2D eigenvalue weighted by atomic mass is 9.93. The van der Waals surface area contributed by atoms with Gasteiger partial charge in [-0.15, -0.1) is 0 Å². The molecule has 1 heterocycles. The third-order valence-corrected chi connectivity index (χ3v) is 5.53. The van der Waals surface area contributed by atoms with E-state index >= 15 is 0 Å². The van der Waals surface area contributed by atoms with E-state index in [1.165, 1.54) is 17.0 Å². The number of amides is 1. The molecule has 0 aromatic heterocycles. The molecule has 7 heteroatoms. The van der Waals surface area contributed by atoms with Crippen LogP contribution in [-0.2, 0) is 14.3 Å². The van der Waals surface area contributed by atoms with Crippen molar-refractivity contribution in [2.45, 2.75) is 26.3 Å². The Labute approximate surface area is 180 Å². The van der Waals surface area contributed by atoms with Gasteiger partial charge in [-0.25, -0.2) is 0 Å². The maximum atomic E-state index is 13.0. The Morgan fingerprint density at radius 3 is 2.57 bits per heavy atom. The van der Waals surface area contributed by atoms with Crippen molar-refractivity contribution in [2.24, 2.45) is 0 Å². The molecule has 0 aliphatic carbocycles. The van der Waals surface area contributed by atoms with E-state index in [1.54, 1.807) is 19.2 Å². The van der Waals surface area contributed by atoms with Crippen LogP contribution in [0.4, 0.5) is 0 Å². The van der Waals surface area contributed by atoms with Gasteiger partial charge in [0.1, 0.15) is 11.5 Å². The third-order valence-electron chi connectivity index (χ3n) is 5.22. The molecule has 1 aliphatic rings. The number of hydrogen-bond acceptors (Lipinski definition) is 5. The zero-order valence-corrected chi connectivity index (χ0v) is 17.9. The van der Waals surface area contributed by atoms with Gasteiger partial charge < -0.3 is 19.8 Å². The Bertz CT molecular complexity index is 1030. The number of aliphatic hydroxyl groups excluding tert-OH is 1. The Kier molecular flexibility index (Phi) is 6.48. The highest BCUT2D eigenvalue weighted by Gasteiger charge is 2.46. The molecule has 0 spiro atoms. The number of phenols is 1. The summed E-state index contributed by atoms with van der Waals surface area (Å²) in [6, 6.07) is 9.23. The van der Waals surface area contributed by atoms with Gasteiger partial charge in [0.25, 0.3) is 11.7 Å². The van der Waals surface area contributed by atoms with Crippen LogP contribution in [0.15, 0.2) is 42.0 Å². The van der Waals surface area contributed by atoms with Crippen molar-refractivity contribution in [2.75, 3.05) is 20.3 Å². The number of carbonyl (C=O) groups is 2. The SMILES string of the molecule is COCCCN1C(=O)C(=O)/C(=C(/O)c2cc(C)ccc2C)C1c1ccc(O)c(Cl)c1. The molecule has 158 valence electrons. The van der Waals surface area contributed by atoms with E-state index in [2.05, 4.69) is 0 Å². The minimum Gasteiger partial charge on any atom is -0.507 e. The van der Waals surface area contributed by atoms with E-state index in [4.69, 9.17) is 16.3 Å². The van der Waals surface area contributed by atoms with Crippen LogP contribution in [0.2, 0.25) is 5.02 Å². The fourth-order valence-corrected chi connectivity index (χ4v) is 3.85. The number of carbonyl (C=O) groups excluding carboxylic acids is 2. The number of aromatic hydroxyl groups is 1. The Morgan fingerprint density at radius 1 is 1.17 bits per heavy atom. The highest BCUT2D eigenvalue weighted by atomic mass is 35.5. The number of ether oxygens (including phenoxy) is 1. The fourth-order valence-electron chi connectivity index (χ4n) is 3.67. The number of phenolic OH excluding ortho intramolecular Hbond substituents is 1. The molecule has 0 bridgehead atoms. The van der Waals surface area contributed by atoms with Crippen LogP contribution >= 0.6 is 11.6 Å². The lowest BCUT2D eigenvalue weighted by molar-refractivity contribution is -0.140. The third kappa shape index (κ3) is 4.06. The Balaban J connectivity index is 2.19. The predicted molar refractivity (Wildman–Crippen MR) is 115 cm³/mol. The molecule has 3 rings (SSSR count). The van der Waals surface area contributed by atoms with Crippen molar-refractivity contribution in [3.63, 3.8) is 0 Å². The highest BCUT2D eigenvalue weighted by molar-refractivity contribution is 6.46. The zero-order chi connectivity index (χ0) is 22.0. The topological polar surface area (TPSA) is 87.1 Å². The number of aryl methyl sites for hydroxylation is 2. The summed E-state index contributed by atoms with van der Waals surface area (Å²) in [5.74, 6) is -1.77. The molecule has 1 amide bonds. The Hall–Kier alpha value is -2.83. The maximum absolute atomic E-state index is 13.0. The molecule has 1 unspecified atom stereocenters. The van der Waals surface area contributed by atoms with Gasteiger partial charge in [0.05, 0.1) is 16.6 Å². The van der Waals surface area contributed by atoms with Gasteiger partial charge in [-0.3, -0.25) is 9.59 Å². The van der Waals surface area contributed by atoms with E-state index in [-0.39, 0.29) is 28.6 Å². The molecular weight excluding hydrogens is 406 g/mol. The molecule has 2 N–H and O–H groups in total. The molecule has 0 radical (unpaired) electrons. The van der Waals surface area contributed by atoms with Gasteiger partial charge in [0.2, 0.25) is 0 Å². The van der Waals surface area contributed by atoms with E-state index in [1.807, 2.05) is 26.0 Å². The van der Waals surface area contributed by atoms with Gasteiger partial charge in [0.15, 0.2) is 0 Å². The van der Waals surface area contributed by atoms with Crippen LogP contribution in [0.5, 0.6) is 5.75 Å². The minimum atomic E-state index is -0.820. The van der Waals surface area contributed by atoms with Crippen LogP contribution in [-0.4, -0.2) is 47.1 Å². The number of aliphatic hydroxyl groups is 1. The number of hydrogen-bond donors (Lipinski definition) is 2. The number of rotatable bonds is 6. The number of halogens is 1. The largest absolute Gasteiger partial charge is 0.507 e. The molecule has 2 aromatic carbocycles. The molecule has 1 saturated heterocycles. The summed E-state index contributed by atoms with van der Waals surface area (Å²) in [6.45, 7) is 4.40. The highest BCUT2D eigenvalue weighted by Crippen LogP contribution is 2.41. The average Bonchev–Trinajstić information content (AvgIpc) is 2.96. The van der Waals surface area contributed by atoms with Crippen LogP contribution in [0, 0.1) is 13.8 Å². The van der Waals surface area contributed by atoms with E-state index < -0.39 is 17.7 Å². The number of likely N-dealkylation sites (tertiary alicyclic amines) is 1. The smallest absolute Gasteiger partial charge is 0.295 e. The predicted octanol–water partition coefficient (Wildman–Crippen LogP) is 4.12. The van der Waals surface area contributed by atoms with E-state index in [0.717, 1.165) is 11.1 Å². The lowest BCUT2D eigenvalue weighted by Crippen LogP contribution is -2.31. The number of Topliss-reactive ketones (excluding diaryl/α,β-unsaturated/α-hetero) is 1. The first-order valence-electron chi connectivity index (χ1n) is 9.59. The monoisotopic (exact) mass is 429 g/mol. The summed E-state index contributed by atoms with van der Waals surface area (Å²) < 4.78 is 5.07. The molecule has 6 nitrogen and oxygen atoms in total. The van der Waals surface area contributed by atoms with Crippen LogP contribution < -0.4 is 0 Å². The summed E-state index contributed by atoms with van der Waals surface area (Å²) in [5, 5.41) is 21.0. The molecule has 1 fully saturated rings. The average molecular weight is 430 g/mol. The number of benzene rings is 2. The van der Waals surface area contributed by atoms with Crippen LogP contribution in [0.25, 0.3) is 5.76 Å². The first kappa shape index (κ1) is 21.9. The summed E-state index contributed by atoms with van der Waals surface area (Å²) in [6.07, 6.45) is 0.523. The second-order valence-electron chi connectivity index (χ2n) is 7.37. The molecule has 1 atom stereocenters. The second-order valence-corrected chi connectivity index (χ2v) is 7.78. The van der Waals surface area contributed by atoms with Crippen LogP contribution in [0.1, 0.15) is 34.7 Å². The molecule has 0 saturated carbocycles. The standard InChI is InChI=1S/C23H24ClNO5/c1-13-5-6-14(2)16(11-13)21(27)19-20(15-7-8-18(26)17(24)12-15)25(9-4-10-30-3)23(29)22(19)28/h5-8,11-12,20,26-27H,4,9-10H2,1-3H3/b21-19+. The van der Waals surface area contributed by atoms with Crippen molar-refractivity contribution in [1.82, 2.24) is 4.90 Å². The van der Waals surface area contributed by atoms with Gasteiger partial charge in [-0.05, 0) is 49.6 Å². The zero-order valence-electron chi connectivity index (χ0n) is 17.1. The number of nitrogens with zero attached hydrogens (tertiary/aromatic N) is 1. The quantitative estimate of drug-likeness (QED) is 0.312. The molecule has 2 aromatic rings. The van der Waals surface area contributed by atoms with Crippen molar-refractivity contribution < 1.29 is 24.5 Å². The minimum absolute atomic E-state index is 0.00729. The first-order chi connectivity index (χ1) is 14.3. The normalized spacial score (nSPS) is 18.3. The summed E-state index contributed by atoms with van der Waals surface area (Å²) in [4.78, 5) is 27.2. The summed E-state index contributed by atoms with van der Waals surface area (Å²) in [5.41, 5.74) is 2.74. The van der Waals surface area contributed by atoms with E-state index in [0.29, 0.717) is 24.2 Å². The number of methoxy groups -OCH3 is 1. The maximum Gasteiger partial charge on any atom is 0.295 e. The fraction of sp³-hybridized carbons (Fsp3) is 0.304. The van der Waals surface area contributed by atoms with Gasteiger partial charge in [-0.1, -0.05) is 35.4 Å². The summed E-state index contributed by atoms with van der Waals surface area (Å²) >= 11 is 6.09. The van der Waals surface area contributed by atoms with Gasteiger partial charge in [0, 0.05) is 25.8 Å². The molecule has 30 heavy (non-hydrogen) atoms. The number of ketones is 1. The van der Waals surface area contributed by atoms with E-state index in [9.17, 15) is 19.8 Å². The van der Waals surface area contributed by atoms with Crippen molar-refractivity contribution in [1.29, 1.82) is 0 Å². The van der Waals surface area contributed by atoms with Crippen molar-refractivity contribution in [3.8, 4) is 5.75 Å². The van der Waals surface area contributed by atoms with Gasteiger partial charge >= 0.3 is 0 Å². The second kappa shape index (κ2) is 8.90. The summed E-state index contributed by atoms with van der Waals surface area (Å²) in [7, 11) is 1.56. The lowest BCUT2D eigenvalue weighted by Gasteiger charge is -2.25. The van der Waals surface area contributed by atoms with Crippen molar-refractivity contribution in [3.05, 3.63) is 69.2 Å². The van der Waals surface area contributed by atoms with Crippen molar-refractivity contribution >= 4 is 29.1 Å². The Morgan fingerprint density at radius 2 is 1.90 bits per heavy atom. The van der Waals surface area contributed by atoms with Gasteiger partial charge in [-0.2, -0.15) is 0 Å². The first-order valence-corrected chi connectivity index (χ1v) is 9.97.